The second kappa shape index (κ2) is 8.64. The van der Waals surface area contributed by atoms with Gasteiger partial charge in [-0.2, -0.15) is 13.2 Å². The Balaban J connectivity index is 2.38. The summed E-state index contributed by atoms with van der Waals surface area (Å²) in [5.41, 5.74) is 1.17. The molecule has 1 aromatic rings. The van der Waals surface area contributed by atoms with Crippen LogP contribution in [0.1, 0.15) is 12.0 Å². The first kappa shape index (κ1) is 17.5. The van der Waals surface area contributed by atoms with Gasteiger partial charge >= 0.3 is 6.18 Å². The van der Waals surface area contributed by atoms with Crippen LogP contribution in [0, 0.1) is 5.92 Å². The molecule has 6 heteroatoms. The molecule has 0 saturated carbocycles. The molecule has 1 unspecified atom stereocenters. The molecule has 0 aliphatic rings. The summed E-state index contributed by atoms with van der Waals surface area (Å²) < 4.78 is 41.6. The fraction of sp³-hybridized carbons (Fsp3) is 0.571. The van der Waals surface area contributed by atoms with E-state index in [1.54, 1.807) is 0 Å². The standard InChI is InChI=1S/C14H19BrF3NO/c1-19-9-12(6-7-20-10-14(16,17)18)8-11-2-4-13(15)5-3-11/h2-5,12,19H,6-10H2,1H3. The van der Waals surface area contributed by atoms with Crippen LogP contribution in [0.5, 0.6) is 0 Å². The normalized spacial score (nSPS) is 13.4. The van der Waals surface area contributed by atoms with Gasteiger partial charge in [0.1, 0.15) is 6.61 Å². The van der Waals surface area contributed by atoms with Crippen molar-refractivity contribution in [1.82, 2.24) is 5.32 Å². The molecule has 0 amide bonds. The van der Waals surface area contributed by atoms with E-state index in [2.05, 4.69) is 26.0 Å². The molecule has 0 aliphatic heterocycles. The van der Waals surface area contributed by atoms with Gasteiger partial charge in [0, 0.05) is 11.1 Å². The number of hydrogen-bond donors (Lipinski definition) is 1. The summed E-state index contributed by atoms with van der Waals surface area (Å²) in [5, 5.41) is 3.07. The highest BCUT2D eigenvalue weighted by molar-refractivity contribution is 9.10. The molecule has 0 aromatic heterocycles. The zero-order valence-corrected chi connectivity index (χ0v) is 12.9. The Morgan fingerprint density at radius 3 is 2.45 bits per heavy atom. The van der Waals surface area contributed by atoms with Crippen LogP contribution in [-0.4, -0.2) is 33.0 Å². The maximum absolute atomic E-state index is 12.0. The Bertz CT molecular complexity index is 381. The lowest BCUT2D eigenvalue weighted by Crippen LogP contribution is -2.24. The van der Waals surface area contributed by atoms with Gasteiger partial charge in [-0.05, 0) is 50.0 Å². The second-order valence-electron chi connectivity index (χ2n) is 4.71. The first-order chi connectivity index (χ1) is 9.40. The average molecular weight is 354 g/mol. The Labute approximate surface area is 125 Å². The van der Waals surface area contributed by atoms with E-state index in [1.807, 2.05) is 31.3 Å². The van der Waals surface area contributed by atoms with Gasteiger partial charge in [0.05, 0.1) is 0 Å². The van der Waals surface area contributed by atoms with Crippen LogP contribution in [0.3, 0.4) is 0 Å². The molecule has 2 nitrogen and oxygen atoms in total. The quantitative estimate of drug-likeness (QED) is 0.717. The summed E-state index contributed by atoms with van der Waals surface area (Å²) in [5.74, 6) is 0.259. The number of ether oxygens (including phenoxy) is 1. The average Bonchev–Trinajstić information content (AvgIpc) is 2.36. The van der Waals surface area contributed by atoms with E-state index < -0.39 is 12.8 Å². The van der Waals surface area contributed by atoms with Gasteiger partial charge in [-0.25, -0.2) is 0 Å². The van der Waals surface area contributed by atoms with Crippen molar-refractivity contribution < 1.29 is 17.9 Å². The van der Waals surface area contributed by atoms with E-state index in [9.17, 15) is 13.2 Å². The van der Waals surface area contributed by atoms with Crippen LogP contribution in [0.15, 0.2) is 28.7 Å². The fourth-order valence-electron chi connectivity index (χ4n) is 1.96. The highest BCUT2D eigenvalue weighted by atomic mass is 79.9. The fourth-order valence-corrected chi connectivity index (χ4v) is 2.22. The van der Waals surface area contributed by atoms with E-state index in [4.69, 9.17) is 0 Å². The summed E-state index contributed by atoms with van der Waals surface area (Å²) in [6.07, 6.45) is -2.82. The first-order valence-electron chi connectivity index (χ1n) is 6.44. The maximum Gasteiger partial charge on any atom is 0.411 e. The molecule has 1 N–H and O–H groups in total. The summed E-state index contributed by atoms with van der Waals surface area (Å²) in [4.78, 5) is 0. The Morgan fingerprint density at radius 2 is 1.90 bits per heavy atom. The van der Waals surface area contributed by atoms with Crippen molar-refractivity contribution in [2.45, 2.75) is 19.0 Å². The molecular formula is C14H19BrF3NO. The number of benzene rings is 1. The van der Waals surface area contributed by atoms with Crippen LogP contribution in [0.25, 0.3) is 0 Å². The van der Waals surface area contributed by atoms with E-state index in [0.29, 0.717) is 6.42 Å². The van der Waals surface area contributed by atoms with Gasteiger partial charge in [0.25, 0.3) is 0 Å². The highest BCUT2D eigenvalue weighted by Crippen LogP contribution is 2.17. The minimum atomic E-state index is -4.25. The lowest BCUT2D eigenvalue weighted by Gasteiger charge is -2.17. The molecule has 0 spiro atoms. The van der Waals surface area contributed by atoms with Gasteiger partial charge in [0.15, 0.2) is 0 Å². The number of nitrogens with one attached hydrogen (secondary N) is 1. The van der Waals surface area contributed by atoms with Crippen molar-refractivity contribution in [3.05, 3.63) is 34.3 Å². The third-order valence-corrected chi connectivity index (χ3v) is 3.40. The van der Waals surface area contributed by atoms with Crippen LogP contribution in [0.4, 0.5) is 13.2 Å². The molecule has 20 heavy (non-hydrogen) atoms. The molecule has 114 valence electrons. The zero-order chi connectivity index (χ0) is 15.0. The van der Waals surface area contributed by atoms with E-state index in [-0.39, 0.29) is 12.5 Å². The predicted octanol–water partition coefficient (Wildman–Crippen LogP) is 3.80. The first-order valence-corrected chi connectivity index (χ1v) is 7.23. The number of alkyl halides is 3. The number of rotatable bonds is 8. The van der Waals surface area contributed by atoms with Crippen molar-refractivity contribution in [1.29, 1.82) is 0 Å². The van der Waals surface area contributed by atoms with Crippen LogP contribution < -0.4 is 5.32 Å². The SMILES string of the molecule is CNCC(CCOCC(F)(F)F)Cc1ccc(Br)cc1. The smallest absolute Gasteiger partial charge is 0.372 e. The molecule has 1 aromatic carbocycles. The zero-order valence-electron chi connectivity index (χ0n) is 11.3. The van der Waals surface area contributed by atoms with E-state index >= 15 is 0 Å². The van der Waals surface area contributed by atoms with Gasteiger partial charge in [0.2, 0.25) is 0 Å². The monoisotopic (exact) mass is 353 g/mol. The van der Waals surface area contributed by atoms with Gasteiger partial charge in [-0.1, -0.05) is 28.1 Å². The van der Waals surface area contributed by atoms with Crippen molar-refractivity contribution >= 4 is 15.9 Å². The minimum absolute atomic E-state index is 0.127. The molecule has 0 bridgehead atoms. The minimum Gasteiger partial charge on any atom is -0.372 e. The van der Waals surface area contributed by atoms with E-state index in [1.165, 1.54) is 5.56 Å². The molecular weight excluding hydrogens is 335 g/mol. The van der Waals surface area contributed by atoms with Crippen molar-refractivity contribution in [2.75, 3.05) is 26.8 Å². The number of halogens is 4. The molecule has 0 saturated heterocycles. The van der Waals surface area contributed by atoms with Crippen molar-refractivity contribution in [3.63, 3.8) is 0 Å². The molecule has 0 aliphatic carbocycles. The van der Waals surface area contributed by atoms with Crippen LogP contribution in [-0.2, 0) is 11.2 Å². The Morgan fingerprint density at radius 1 is 1.25 bits per heavy atom. The molecule has 0 fully saturated rings. The predicted molar refractivity (Wildman–Crippen MR) is 76.8 cm³/mol. The Kier molecular flexibility index (Phi) is 7.55. The van der Waals surface area contributed by atoms with Gasteiger partial charge < -0.3 is 10.1 Å². The van der Waals surface area contributed by atoms with Gasteiger partial charge in [-0.3, -0.25) is 0 Å². The number of hydrogen-bond acceptors (Lipinski definition) is 2. The van der Waals surface area contributed by atoms with Crippen LogP contribution in [0.2, 0.25) is 0 Å². The van der Waals surface area contributed by atoms with E-state index in [0.717, 1.165) is 17.4 Å². The molecule has 0 heterocycles. The highest BCUT2D eigenvalue weighted by Gasteiger charge is 2.27. The summed E-state index contributed by atoms with van der Waals surface area (Å²) in [7, 11) is 1.84. The lowest BCUT2D eigenvalue weighted by atomic mass is 9.96. The van der Waals surface area contributed by atoms with Crippen molar-refractivity contribution in [3.8, 4) is 0 Å². The summed E-state index contributed by atoms with van der Waals surface area (Å²) in [6.45, 7) is -0.286. The summed E-state index contributed by atoms with van der Waals surface area (Å²) >= 11 is 3.37. The Hall–Kier alpha value is -0.590. The maximum atomic E-state index is 12.0. The summed E-state index contributed by atoms with van der Waals surface area (Å²) in [6, 6.07) is 7.96. The second-order valence-corrected chi connectivity index (χ2v) is 5.63. The lowest BCUT2D eigenvalue weighted by molar-refractivity contribution is -0.174. The molecule has 1 atom stereocenters. The topological polar surface area (TPSA) is 21.3 Å². The molecule has 0 radical (unpaired) electrons. The van der Waals surface area contributed by atoms with Gasteiger partial charge in [-0.15, -0.1) is 0 Å². The van der Waals surface area contributed by atoms with Crippen molar-refractivity contribution in [2.24, 2.45) is 5.92 Å². The van der Waals surface area contributed by atoms with Crippen LogP contribution >= 0.6 is 15.9 Å². The third-order valence-electron chi connectivity index (χ3n) is 2.87. The molecule has 1 rings (SSSR count). The third kappa shape index (κ3) is 7.87. The largest absolute Gasteiger partial charge is 0.411 e.